The summed E-state index contributed by atoms with van der Waals surface area (Å²) in [6, 6.07) is 2.70. The number of hydrogen-bond acceptors (Lipinski definition) is 2. The molecule has 3 rings (SSSR count). The van der Waals surface area contributed by atoms with Crippen LogP contribution in [0.3, 0.4) is 0 Å². The molecule has 0 aromatic carbocycles. The minimum absolute atomic E-state index is 0.263. The maximum absolute atomic E-state index is 13.3. The number of H-pyrrole nitrogens is 1. The minimum Gasteiger partial charge on any atom is -0.307 e. The zero-order valence-corrected chi connectivity index (χ0v) is 8.74. The van der Waals surface area contributed by atoms with Crippen LogP contribution in [0.15, 0.2) is 16.9 Å². The predicted molar refractivity (Wildman–Crippen MR) is 57.0 cm³/mol. The van der Waals surface area contributed by atoms with Gasteiger partial charge in [-0.3, -0.25) is 4.79 Å². The van der Waals surface area contributed by atoms with Gasteiger partial charge in [0.15, 0.2) is 0 Å². The van der Waals surface area contributed by atoms with Crippen molar-refractivity contribution in [2.45, 2.75) is 31.6 Å². The molecular formula is C11H12FN3O. The maximum atomic E-state index is 13.3. The summed E-state index contributed by atoms with van der Waals surface area (Å²) in [6.07, 6.45) is 4.36. The van der Waals surface area contributed by atoms with Crippen molar-refractivity contribution in [1.29, 1.82) is 0 Å². The third kappa shape index (κ3) is 1.35. The maximum Gasteiger partial charge on any atom is 0.275 e. The van der Waals surface area contributed by atoms with E-state index in [1.807, 2.05) is 0 Å². The van der Waals surface area contributed by atoms with Crippen molar-refractivity contribution in [3.63, 3.8) is 0 Å². The molecule has 2 aromatic heterocycles. The first-order valence-electron chi connectivity index (χ1n) is 5.53. The molecule has 1 aliphatic carbocycles. The predicted octanol–water partition coefficient (Wildman–Crippen LogP) is 1.82. The molecule has 0 atom stereocenters. The summed E-state index contributed by atoms with van der Waals surface area (Å²) in [5.74, 6) is 0.407. The Bertz CT molecular complexity index is 580. The number of halogens is 1. The summed E-state index contributed by atoms with van der Waals surface area (Å²) >= 11 is 0. The van der Waals surface area contributed by atoms with Gasteiger partial charge in [0.2, 0.25) is 5.95 Å². The Labute approximate surface area is 91.1 Å². The van der Waals surface area contributed by atoms with Gasteiger partial charge in [0.25, 0.3) is 5.56 Å². The van der Waals surface area contributed by atoms with Crippen molar-refractivity contribution < 1.29 is 4.39 Å². The highest BCUT2D eigenvalue weighted by Gasteiger charge is 2.20. The molecule has 0 radical (unpaired) electrons. The standard InChI is InChI=1S/C11H12FN3O/c12-9-6-5-8-11(16)13-10(14-15(8)9)7-3-1-2-4-7/h5-7H,1-4H2,(H,13,14,16). The Morgan fingerprint density at radius 1 is 1.38 bits per heavy atom. The number of nitrogens with one attached hydrogen (secondary N) is 1. The van der Waals surface area contributed by atoms with Gasteiger partial charge in [-0.05, 0) is 25.0 Å². The number of rotatable bonds is 1. The van der Waals surface area contributed by atoms with Crippen LogP contribution in [-0.4, -0.2) is 14.6 Å². The molecule has 1 saturated carbocycles. The Morgan fingerprint density at radius 2 is 2.12 bits per heavy atom. The van der Waals surface area contributed by atoms with Crippen molar-refractivity contribution in [2.75, 3.05) is 0 Å². The van der Waals surface area contributed by atoms with Crippen LogP contribution in [0, 0.1) is 5.95 Å². The molecule has 0 amide bonds. The molecule has 5 heteroatoms. The first-order chi connectivity index (χ1) is 7.75. The monoisotopic (exact) mass is 221 g/mol. The second kappa shape index (κ2) is 3.43. The molecule has 84 valence electrons. The molecule has 16 heavy (non-hydrogen) atoms. The zero-order chi connectivity index (χ0) is 11.1. The van der Waals surface area contributed by atoms with Gasteiger partial charge in [0, 0.05) is 5.92 Å². The lowest BCUT2D eigenvalue weighted by Crippen LogP contribution is -2.18. The van der Waals surface area contributed by atoms with Crippen LogP contribution >= 0.6 is 0 Å². The molecule has 0 bridgehead atoms. The summed E-state index contributed by atoms with van der Waals surface area (Å²) < 4.78 is 14.4. The van der Waals surface area contributed by atoms with Crippen LogP contribution in [0.5, 0.6) is 0 Å². The summed E-state index contributed by atoms with van der Waals surface area (Å²) in [5.41, 5.74) is 0.0000435. The number of aromatic nitrogens is 3. The summed E-state index contributed by atoms with van der Waals surface area (Å²) in [6.45, 7) is 0. The van der Waals surface area contributed by atoms with E-state index < -0.39 is 5.95 Å². The van der Waals surface area contributed by atoms with E-state index in [9.17, 15) is 9.18 Å². The first kappa shape index (κ1) is 9.57. The van der Waals surface area contributed by atoms with E-state index in [2.05, 4.69) is 10.1 Å². The molecule has 0 spiro atoms. The van der Waals surface area contributed by atoms with E-state index in [0.29, 0.717) is 5.82 Å². The molecule has 1 N–H and O–H groups in total. The molecule has 2 heterocycles. The average molecular weight is 221 g/mol. The molecular weight excluding hydrogens is 209 g/mol. The summed E-state index contributed by atoms with van der Waals surface area (Å²) in [4.78, 5) is 14.4. The van der Waals surface area contributed by atoms with Crippen LogP contribution in [0.2, 0.25) is 0 Å². The van der Waals surface area contributed by atoms with Crippen molar-refractivity contribution in [3.8, 4) is 0 Å². The minimum atomic E-state index is -0.486. The van der Waals surface area contributed by atoms with Crippen molar-refractivity contribution >= 4 is 5.52 Å². The topological polar surface area (TPSA) is 50.2 Å². The lowest BCUT2D eigenvalue weighted by atomic mass is 10.1. The molecule has 4 nitrogen and oxygen atoms in total. The SMILES string of the molecule is O=c1[nH]c(C2CCCC2)nn2c(F)ccc12. The Balaban J connectivity index is 2.19. The van der Waals surface area contributed by atoms with Crippen LogP contribution in [0.25, 0.3) is 5.52 Å². The van der Waals surface area contributed by atoms with Crippen molar-refractivity contribution in [1.82, 2.24) is 14.6 Å². The largest absolute Gasteiger partial charge is 0.307 e. The Hall–Kier alpha value is -1.65. The van der Waals surface area contributed by atoms with Gasteiger partial charge >= 0.3 is 0 Å². The van der Waals surface area contributed by atoms with Crippen LogP contribution in [-0.2, 0) is 0 Å². The molecule has 1 fully saturated rings. The van der Waals surface area contributed by atoms with Gasteiger partial charge in [-0.25, -0.2) is 0 Å². The smallest absolute Gasteiger partial charge is 0.275 e. The zero-order valence-electron chi connectivity index (χ0n) is 8.74. The molecule has 1 aliphatic rings. The van der Waals surface area contributed by atoms with E-state index in [0.717, 1.165) is 30.2 Å². The fraction of sp³-hybridized carbons (Fsp3) is 0.455. The average Bonchev–Trinajstić information content (AvgIpc) is 2.88. The first-order valence-corrected chi connectivity index (χ1v) is 5.53. The fourth-order valence-corrected chi connectivity index (χ4v) is 2.37. The highest BCUT2D eigenvalue weighted by Crippen LogP contribution is 2.31. The second-order valence-electron chi connectivity index (χ2n) is 4.27. The highest BCUT2D eigenvalue weighted by atomic mass is 19.1. The number of aromatic amines is 1. The summed E-state index contributed by atoms with van der Waals surface area (Å²) in [5, 5.41) is 4.16. The number of fused-ring (bicyclic) bond motifs is 1. The van der Waals surface area contributed by atoms with Crippen LogP contribution in [0.1, 0.15) is 37.4 Å². The molecule has 0 unspecified atom stereocenters. The normalized spacial score (nSPS) is 17.3. The van der Waals surface area contributed by atoms with E-state index >= 15 is 0 Å². The van der Waals surface area contributed by atoms with Gasteiger partial charge in [0.1, 0.15) is 11.3 Å². The molecule has 0 aliphatic heterocycles. The van der Waals surface area contributed by atoms with E-state index in [1.54, 1.807) is 0 Å². The van der Waals surface area contributed by atoms with Gasteiger partial charge < -0.3 is 4.98 Å². The van der Waals surface area contributed by atoms with Crippen LogP contribution in [0.4, 0.5) is 4.39 Å². The second-order valence-corrected chi connectivity index (χ2v) is 4.27. The van der Waals surface area contributed by atoms with Crippen LogP contribution < -0.4 is 5.56 Å². The van der Waals surface area contributed by atoms with E-state index in [-0.39, 0.29) is 17.0 Å². The van der Waals surface area contributed by atoms with Crippen molar-refractivity contribution in [3.05, 3.63) is 34.3 Å². The van der Waals surface area contributed by atoms with Gasteiger partial charge in [-0.15, -0.1) is 0 Å². The molecule has 2 aromatic rings. The lowest BCUT2D eigenvalue weighted by molar-refractivity contribution is 0.530. The third-order valence-corrected chi connectivity index (χ3v) is 3.23. The molecule has 0 saturated heterocycles. The van der Waals surface area contributed by atoms with E-state index in [4.69, 9.17) is 0 Å². The summed E-state index contributed by atoms with van der Waals surface area (Å²) in [7, 11) is 0. The van der Waals surface area contributed by atoms with E-state index in [1.165, 1.54) is 12.1 Å². The highest BCUT2D eigenvalue weighted by molar-refractivity contribution is 5.43. The lowest BCUT2D eigenvalue weighted by Gasteiger charge is -2.07. The Kier molecular flexibility index (Phi) is 2.05. The number of nitrogens with zero attached hydrogens (tertiary/aromatic N) is 2. The van der Waals surface area contributed by atoms with Gasteiger partial charge in [-0.1, -0.05) is 12.8 Å². The fourth-order valence-electron chi connectivity index (χ4n) is 2.37. The Morgan fingerprint density at radius 3 is 2.88 bits per heavy atom. The quantitative estimate of drug-likeness (QED) is 0.798. The third-order valence-electron chi connectivity index (χ3n) is 3.23. The van der Waals surface area contributed by atoms with Crippen molar-refractivity contribution in [2.24, 2.45) is 0 Å². The van der Waals surface area contributed by atoms with Gasteiger partial charge in [-0.2, -0.15) is 14.0 Å². The van der Waals surface area contributed by atoms with Gasteiger partial charge in [0.05, 0.1) is 0 Å². The number of hydrogen-bond donors (Lipinski definition) is 1.